The van der Waals surface area contributed by atoms with Gasteiger partial charge in [0.2, 0.25) is 10.0 Å². The summed E-state index contributed by atoms with van der Waals surface area (Å²) >= 11 is 0. The van der Waals surface area contributed by atoms with Crippen molar-refractivity contribution in [3.63, 3.8) is 0 Å². The molecule has 0 bridgehead atoms. The van der Waals surface area contributed by atoms with Gasteiger partial charge in [-0.05, 0) is 43.0 Å². The van der Waals surface area contributed by atoms with Crippen LogP contribution < -0.4 is 10.5 Å². The average molecular weight is 361 g/mol. The summed E-state index contributed by atoms with van der Waals surface area (Å²) in [5, 5.41) is 0. The summed E-state index contributed by atoms with van der Waals surface area (Å²) in [5.74, 6) is 0.0709. The summed E-state index contributed by atoms with van der Waals surface area (Å²) in [6.45, 7) is 0.473. The van der Waals surface area contributed by atoms with E-state index in [0.29, 0.717) is 12.1 Å². The smallest absolute Gasteiger partial charge is 0.240 e. The summed E-state index contributed by atoms with van der Waals surface area (Å²) < 4.78 is 50.3. The number of benzene rings is 1. The van der Waals surface area contributed by atoms with Gasteiger partial charge < -0.3 is 5.73 Å². The molecule has 8 heteroatoms. The molecule has 1 saturated carbocycles. The molecular formula is C15H24N2O4S2. The molecule has 2 rings (SSSR count). The number of nitrogens with one attached hydrogen (secondary N) is 1. The van der Waals surface area contributed by atoms with Gasteiger partial charge in [0, 0.05) is 12.3 Å². The lowest BCUT2D eigenvalue weighted by molar-refractivity contribution is 0.296. The van der Waals surface area contributed by atoms with Crippen molar-refractivity contribution >= 4 is 19.9 Å². The summed E-state index contributed by atoms with van der Waals surface area (Å²) in [4.78, 5) is 0.149. The molecule has 2 atom stereocenters. The van der Waals surface area contributed by atoms with Crippen LogP contribution >= 0.6 is 0 Å². The highest BCUT2D eigenvalue weighted by molar-refractivity contribution is 7.90. The molecule has 1 aliphatic rings. The minimum atomic E-state index is -3.62. The Hall–Kier alpha value is -0.960. The van der Waals surface area contributed by atoms with Crippen LogP contribution in [0.4, 0.5) is 0 Å². The second-order valence-corrected chi connectivity index (χ2v) is 10.1. The summed E-state index contributed by atoms with van der Waals surface area (Å²) in [6.07, 6.45) is 4.97. The molecule has 1 aromatic rings. The Kier molecular flexibility index (Phi) is 5.83. The third-order valence-corrected chi connectivity index (χ3v) is 6.54. The Morgan fingerprint density at radius 2 is 1.70 bits per heavy atom. The first-order valence-corrected chi connectivity index (χ1v) is 11.2. The Morgan fingerprint density at radius 3 is 2.26 bits per heavy atom. The molecule has 0 heterocycles. The maximum Gasteiger partial charge on any atom is 0.240 e. The van der Waals surface area contributed by atoms with E-state index in [1.165, 1.54) is 24.3 Å². The van der Waals surface area contributed by atoms with Gasteiger partial charge in [0.25, 0.3) is 0 Å². The molecule has 0 saturated heterocycles. The minimum absolute atomic E-state index is 0.0986. The number of rotatable bonds is 6. The van der Waals surface area contributed by atoms with Crippen LogP contribution in [0.15, 0.2) is 29.2 Å². The predicted molar refractivity (Wildman–Crippen MR) is 90.1 cm³/mol. The lowest BCUT2D eigenvalue weighted by Gasteiger charge is -2.31. The molecule has 23 heavy (non-hydrogen) atoms. The van der Waals surface area contributed by atoms with Gasteiger partial charge in [-0.3, -0.25) is 0 Å². The monoisotopic (exact) mass is 360 g/mol. The standard InChI is InChI=1S/C15H24N2O4S2/c1-22(18,19)11-12-6-8-14(9-7-12)23(20,21)17-15-5-3-2-4-13(15)10-16/h6-9,13,15,17H,2-5,10-11,16H2,1H3. The second-order valence-electron chi connectivity index (χ2n) is 6.22. The van der Waals surface area contributed by atoms with Crippen LogP contribution in [-0.2, 0) is 25.6 Å². The molecule has 1 aromatic carbocycles. The number of nitrogens with two attached hydrogens (primary N) is 1. The van der Waals surface area contributed by atoms with Gasteiger partial charge in [-0.2, -0.15) is 0 Å². The van der Waals surface area contributed by atoms with E-state index < -0.39 is 19.9 Å². The van der Waals surface area contributed by atoms with Crippen LogP contribution in [-0.4, -0.2) is 35.7 Å². The molecule has 3 N–H and O–H groups in total. The van der Waals surface area contributed by atoms with Crippen molar-refractivity contribution in [1.82, 2.24) is 4.72 Å². The molecule has 0 radical (unpaired) electrons. The van der Waals surface area contributed by atoms with Gasteiger partial charge in [0.1, 0.15) is 0 Å². The summed E-state index contributed by atoms with van der Waals surface area (Å²) in [7, 11) is -6.76. The van der Waals surface area contributed by atoms with E-state index in [4.69, 9.17) is 5.73 Å². The first-order chi connectivity index (χ1) is 10.7. The molecule has 1 aliphatic carbocycles. The predicted octanol–water partition coefficient (Wildman–Crippen LogP) is 1.03. The first kappa shape index (κ1) is 18.4. The fourth-order valence-electron chi connectivity index (χ4n) is 2.98. The van der Waals surface area contributed by atoms with E-state index in [2.05, 4.69) is 4.72 Å². The van der Waals surface area contributed by atoms with Crippen molar-refractivity contribution in [3.05, 3.63) is 29.8 Å². The average Bonchev–Trinajstić information content (AvgIpc) is 2.46. The first-order valence-electron chi connectivity index (χ1n) is 7.70. The van der Waals surface area contributed by atoms with Gasteiger partial charge in [-0.25, -0.2) is 21.6 Å². The third kappa shape index (κ3) is 5.27. The molecule has 0 spiro atoms. The maximum atomic E-state index is 12.5. The molecule has 0 aromatic heterocycles. The topological polar surface area (TPSA) is 106 Å². The number of hydrogen-bond donors (Lipinski definition) is 2. The van der Waals surface area contributed by atoms with Crippen LogP contribution in [0.3, 0.4) is 0 Å². The highest BCUT2D eigenvalue weighted by atomic mass is 32.2. The normalized spacial score (nSPS) is 22.9. The minimum Gasteiger partial charge on any atom is -0.330 e. The lowest BCUT2D eigenvalue weighted by Crippen LogP contribution is -2.44. The molecule has 0 aliphatic heterocycles. The Balaban J connectivity index is 2.13. The molecular weight excluding hydrogens is 336 g/mol. The Labute approximate surface area is 138 Å². The molecule has 0 amide bonds. The van der Waals surface area contributed by atoms with E-state index in [1.807, 2.05) is 0 Å². The zero-order valence-corrected chi connectivity index (χ0v) is 14.9. The van der Waals surface area contributed by atoms with Crippen LogP contribution in [0.25, 0.3) is 0 Å². The highest BCUT2D eigenvalue weighted by Gasteiger charge is 2.28. The fraction of sp³-hybridized carbons (Fsp3) is 0.600. The van der Waals surface area contributed by atoms with E-state index in [1.54, 1.807) is 0 Å². The van der Waals surface area contributed by atoms with E-state index in [0.717, 1.165) is 31.9 Å². The lowest BCUT2D eigenvalue weighted by atomic mass is 9.85. The van der Waals surface area contributed by atoms with E-state index in [-0.39, 0.29) is 22.6 Å². The van der Waals surface area contributed by atoms with Gasteiger partial charge in [0.15, 0.2) is 9.84 Å². The quantitative estimate of drug-likeness (QED) is 0.788. The van der Waals surface area contributed by atoms with Crippen LogP contribution in [0.2, 0.25) is 0 Å². The van der Waals surface area contributed by atoms with Crippen LogP contribution in [0, 0.1) is 5.92 Å². The zero-order chi connectivity index (χ0) is 17.1. The number of sulfonamides is 1. The third-order valence-electron chi connectivity index (χ3n) is 4.18. The second kappa shape index (κ2) is 7.29. The van der Waals surface area contributed by atoms with Gasteiger partial charge in [-0.15, -0.1) is 0 Å². The van der Waals surface area contributed by atoms with Crippen molar-refractivity contribution in [2.75, 3.05) is 12.8 Å². The largest absolute Gasteiger partial charge is 0.330 e. The zero-order valence-electron chi connectivity index (χ0n) is 13.2. The van der Waals surface area contributed by atoms with Crippen molar-refractivity contribution in [1.29, 1.82) is 0 Å². The van der Waals surface area contributed by atoms with Gasteiger partial charge in [0.05, 0.1) is 10.6 Å². The van der Waals surface area contributed by atoms with Crippen molar-refractivity contribution in [2.45, 2.75) is 42.4 Å². The molecule has 130 valence electrons. The van der Waals surface area contributed by atoms with Crippen LogP contribution in [0.5, 0.6) is 0 Å². The SMILES string of the molecule is CS(=O)(=O)Cc1ccc(S(=O)(=O)NC2CCCCC2CN)cc1. The van der Waals surface area contributed by atoms with E-state index >= 15 is 0 Å². The highest BCUT2D eigenvalue weighted by Crippen LogP contribution is 2.25. The summed E-state index contributed by atoms with van der Waals surface area (Å²) in [5.41, 5.74) is 6.31. The Morgan fingerprint density at radius 1 is 1.09 bits per heavy atom. The maximum absolute atomic E-state index is 12.5. The van der Waals surface area contributed by atoms with Crippen molar-refractivity contribution in [3.8, 4) is 0 Å². The van der Waals surface area contributed by atoms with Crippen LogP contribution in [0.1, 0.15) is 31.2 Å². The van der Waals surface area contributed by atoms with Crippen molar-refractivity contribution in [2.24, 2.45) is 11.7 Å². The molecule has 6 nitrogen and oxygen atoms in total. The fourth-order valence-corrected chi connectivity index (χ4v) is 5.12. The number of sulfone groups is 1. The molecule has 2 unspecified atom stereocenters. The van der Waals surface area contributed by atoms with Gasteiger partial charge >= 0.3 is 0 Å². The number of hydrogen-bond acceptors (Lipinski definition) is 5. The van der Waals surface area contributed by atoms with E-state index in [9.17, 15) is 16.8 Å². The molecule has 1 fully saturated rings. The van der Waals surface area contributed by atoms with Crippen molar-refractivity contribution < 1.29 is 16.8 Å². The Bertz CT molecular complexity index is 727. The van der Waals surface area contributed by atoms with Gasteiger partial charge in [-0.1, -0.05) is 25.0 Å². The summed E-state index contributed by atoms with van der Waals surface area (Å²) in [6, 6.07) is 5.84.